The summed E-state index contributed by atoms with van der Waals surface area (Å²) in [6.45, 7) is 0. The molecular formula is C28H22N4O. The van der Waals surface area contributed by atoms with Gasteiger partial charge in [-0.25, -0.2) is 0 Å². The van der Waals surface area contributed by atoms with Crippen LogP contribution in [0.4, 0.5) is 5.69 Å². The van der Waals surface area contributed by atoms with Crippen molar-refractivity contribution in [1.29, 1.82) is 0 Å². The second-order valence-electron chi connectivity index (χ2n) is 7.79. The first-order valence-corrected chi connectivity index (χ1v) is 10.8. The highest BCUT2D eigenvalue weighted by atomic mass is 16.1. The molecule has 5 rings (SSSR count). The molecule has 160 valence electrons. The summed E-state index contributed by atoms with van der Waals surface area (Å²) in [5.74, 6) is -0.125. The molecule has 5 nitrogen and oxygen atoms in total. The Morgan fingerprint density at radius 2 is 1.33 bits per heavy atom. The topological polar surface area (TPSA) is 66.7 Å². The van der Waals surface area contributed by atoms with E-state index in [1.807, 2.05) is 84.9 Å². The number of hydrogen-bond donors (Lipinski definition) is 1. The number of nitrogens with one attached hydrogen (secondary N) is 1. The second-order valence-corrected chi connectivity index (χ2v) is 7.79. The molecule has 1 aliphatic heterocycles. The van der Waals surface area contributed by atoms with Crippen molar-refractivity contribution in [2.75, 3.05) is 5.32 Å². The minimum Gasteiger partial charge on any atom is -0.326 e. The molecule has 0 saturated heterocycles. The normalized spacial score (nSPS) is 15.0. The van der Waals surface area contributed by atoms with Crippen LogP contribution in [0.25, 0.3) is 16.7 Å². The van der Waals surface area contributed by atoms with Crippen molar-refractivity contribution in [2.45, 2.75) is 12.5 Å². The van der Waals surface area contributed by atoms with Crippen LogP contribution in [0.2, 0.25) is 0 Å². The lowest BCUT2D eigenvalue weighted by Gasteiger charge is -2.13. The predicted octanol–water partition coefficient (Wildman–Crippen LogP) is 6.70. The fourth-order valence-corrected chi connectivity index (χ4v) is 3.98. The molecule has 1 atom stereocenters. The molecule has 5 heteroatoms. The fourth-order valence-electron chi connectivity index (χ4n) is 3.98. The number of nitrogens with zero attached hydrogens (tertiary/aromatic N) is 3. The van der Waals surface area contributed by atoms with Crippen molar-refractivity contribution in [3.8, 4) is 11.1 Å². The van der Waals surface area contributed by atoms with Crippen molar-refractivity contribution in [3.05, 3.63) is 126 Å². The van der Waals surface area contributed by atoms with E-state index in [4.69, 9.17) is 0 Å². The summed E-state index contributed by atoms with van der Waals surface area (Å²) in [7, 11) is 0. The highest BCUT2D eigenvalue weighted by Crippen LogP contribution is 2.42. The van der Waals surface area contributed by atoms with E-state index in [0.717, 1.165) is 33.5 Å². The molecule has 0 aliphatic carbocycles. The van der Waals surface area contributed by atoms with Crippen LogP contribution in [0.5, 0.6) is 0 Å². The number of hydrogen-bond acceptors (Lipinski definition) is 4. The number of aromatic nitrogens is 1. The maximum Gasteiger partial charge on any atom is 0.230 e. The largest absolute Gasteiger partial charge is 0.326 e. The molecule has 0 saturated carbocycles. The molecule has 0 spiro atoms. The van der Waals surface area contributed by atoms with Crippen LogP contribution in [-0.4, -0.2) is 10.9 Å². The summed E-state index contributed by atoms with van der Waals surface area (Å²) in [4.78, 5) is 17.0. The molecule has 1 N–H and O–H groups in total. The lowest BCUT2D eigenvalue weighted by atomic mass is 9.92. The molecular weight excluding hydrogens is 408 g/mol. The van der Waals surface area contributed by atoms with Crippen molar-refractivity contribution in [1.82, 2.24) is 4.98 Å². The lowest BCUT2D eigenvalue weighted by Crippen LogP contribution is -2.12. The van der Waals surface area contributed by atoms with Gasteiger partial charge in [-0.1, -0.05) is 72.8 Å². The first kappa shape index (κ1) is 20.5. The lowest BCUT2D eigenvalue weighted by molar-refractivity contribution is -0.115. The SMILES string of the molecule is O=C(CC1=C(c2ccccc2)C(c2ccncc2)N=N1)Nc1ccc(-c2ccccc2)cc1. The van der Waals surface area contributed by atoms with Crippen LogP contribution >= 0.6 is 0 Å². The number of azo groups is 1. The summed E-state index contributed by atoms with van der Waals surface area (Å²) >= 11 is 0. The van der Waals surface area contributed by atoms with Crippen LogP contribution in [-0.2, 0) is 4.79 Å². The minimum atomic E-state index is -0.247. The van der Waals surface area contributed by atoms with Crippen molar-refractivity contribution >= 4 is 17.2 Å². The molecule has 1 unspecified atom stereocenters. The number of pyridine rings is 1. The smallest absolute Gasteiger partial charge is 0.230 e. The zero-order chi connectivity index (χ0) is 22.5. The summed E-state index contributed by atoms with van der Waals surface area (Å²) in [6.07, 6.45) is 3.64. The zero-order valence-corrected chi connectivity index (χ0v) is 17.9. The quantitative estimate of drug-likeness (QED) is 0.370. The number of rotatable bonds is 6. The van der Waals surface area contributed by atoms with E-state index in [9.17, 15) is 4.79 Å². The number of carbonyl (C=O) groups is 1. The van der Waals surface area contributed by atoms with Gasteiger partial charge in [-0.05, 0) is 46.5 Å². The third-order valence-corrected chi connectivity index (χ3v) is 5.59. The molecule has 1 aromatic heterocycles. The Kier molecular flexibility index (Phi) is 5.85. The maximum absolute atomic E-state index is 12.9. The van der Waals surface area contributed by atoms with Gasteiger partial charge >= 0.3 is 0 Å². The molecule has 0 fully saturated rings. The second kappa shape index (κ2) is 9.40. The summed E-state index contributed by atoms with van der Waals surface area (Å²) in [5, 5.41) is 11.9. The highest BCUT2D eigenvalue weighted by molar-refractivity contribution is 5.94. The molecule has 1 aliphatic rings. The number of anilines is 1. The van der Waals surface area contributed by atoms with Crippen molar-refractivity contribution in [3.63, 3.8) is 0 Å². The van der Waals surface area contributed by atoms with Crippen molar-refractivity contribution in [2.24, 2.45) is 10.2 Å². The van der Waals surface area contributed by atoms with E-state index in [0.29, 0.717) is 5.70 Å². The van der Waals surface area contributed by atoms with E-state index >= 15 is 0 Å². The van der Waals surface area contributed by atoms with E-state index in [-0.39, 0.29) is 18.4 Å². The number of benzene rings is 3. The zero-order valence-electron chi connectivity index (χ0n) is 17.9. The summed E-state index contributed by atoms with van der Waals surface area (Å²) in [6, 6.07) is 31.6. The Labute approximate surface area is 192 Å². The number of carbonyl (C=O) groups excluding carboxylic acids is 1. The average molecular weight is 431 g/mol. The average Bonchev–Trinajstić information content (AvgIpc) is 3.29. The van der Waals surface area contributed by atoms with Gasteiger partial charge in [0.25, 0.3) is 0 Å². The molecule has 0 radical (unpaired) electrons. The monoisotopic (exact) mass is 430 g/mol. The van der Waals surface area contributed by atoms with Gasteiger partial charge < -0.3 is 5.32 Å². The first-order chi connectivity index (χ1) is 16.3. The first-order valence-electron chi connectivity index (χ1n) is 10.8. The Bertz CT molecular complexity index is 1300. The summed E-state index contributed by atoms with van der Waals surface area (Å²) < 4.78 is 0. The molecule has 4 aromatic rings. The third kappa shape index (κ3) is 4.62. The van der Waals surface area contributed by atoms with Crippen LogP contribution in [0.1, 0.15) is 23.6 Å². The van der Waals surface area contributed by atoms with Crippen molar-refractivity contribution < 1.29 is 4.79 Å². The van der Waals surface area contributed by atoms with Crippen LogP contribution in [0.15, 0.2) is 125 Å². The molecule has 33 heavy (non-hydrogen) atoms. The predicted molar refractivity (Wildman–Crippen MR) is 130 cm³/mol. The van der Waals surface area contributed by atoms with Gasteiger partial charge in [0.2, 0.25) is 5.91 Å². The van der Waals surface area contributed by atoms with E-state index < -0.39 is 0 Å². The Morgan fingerprint density at radius 3 is 2.00 bits per heavy atom. The Hall–Kier alpha value is -4.38. The molecule has 2 heterocycles. The Balaban J connectivity index is 1.36. The van der Waals surface area contributed by atoms with Crippen LogP contribution in [0.3, 0.4) is 0 Å². The highest BCUT2D eigenvalue weighted by Gasteiger charge is 2.28. The van der Waals surface area contributed by atoms with Crippen LogP contribution in [0, 0.1) is 0 Å². The standard InChI is InChI=1S/C28H22N4O/c33-26(30-24-13-11-21(12-14-24)20-7-3-1-4-8-20)19-25-27(22-9-5-2-6-10-22)28(32-31-25)23-15-17-29-18-16-23/h1-18,28H,19H2,(H,30,33). The minimum absolute atomic E-state index is 0.125. The third-order valence-electron chi connectivity index (χ3n) is 5.59. The van der Waals surface area contributed by atoms with Gasteiger partial charge in [0.1, 0.15) is 6.04 Å². The van der Waals surface area contributed by atoms with Gasteiger partial charge in [0.05, 0.1) is 12.1 Å². The van der Waals surface area contributed by atoms with E-state index in [1.54, 1.807) is 12.4 Å². The number of amides is 1. The maximum atomic E-state index is 12.9. The molecule has 1 amide bonds. The van der Waals surface area contributed by atoms with Gasteiger partial charge in [-0.3, -0.25) is 9.78 Å². The van der Waals surface area contributed by atoms with Gasteiger partial charge in [-0.15, -0.1) is 0 Å². The van der Waals surface area contributed by atoms with E-state index in [1.165, 1.54) is 0 Å². The van der Waals surface area contributed by atoms with E-state index in [2.05, 4.69) is 32.7 Å². The summed E-state index contributed by atoms with van der Waals surface area (Å²) in [5.41, 5.74) is 6.65. The van der Waals surface area contributed by atoms with Gasteiger partial charge in [0, 0.05) is 23.7 Å². The van der Waals surface area contributed by atoms with Crippen LogP contribution < -0.4 is 5.32 Å². The fraction of sp³-hybridized carbons (Fsp3) is 0.0714. The van der Waals surface area contributed by atoms with Gasteiger partial charge in [0.15, 0.2) is 0 Å². The van der Waals surface area contributed by atoms with Gasteiger partial charge in [-0.2, -0.15) is 10.2 Å². The molecule has 0 bridgehead atoms. The molecule has 3 aromatic carbocycles. The Morgan fingerprint density at radius 1 is 0.727 bits per heavy atom.